The molecule has 0 aliphatic rings. The highest BCUT2D eigenvalue weighted by Crippen LogP contribution is 2.34. The predicted molar refractivity (Wildman–Crippen MR) is 179 cm³/mol. The van der Waals surface area contributed by atoms with Gasteiger partial charge in [-0.1, -0.05) is 98.2 Å². The van der Waals surface area contributed by atoms with E-state index in [1.165, 1.54) is 44.7 Å². The number of aliphatic imine (C=N–C) groups is 2. The van der Waals surface area contributed by atoms with E-state index < -0.39 is 0 Å². The Hall–Kier alpha value is -2.22. The maximum Gasteiger partial charge on any atom is 0.0377 e. The fraction of sp³-hybridized carbons (Fsp3) is 0.611. The molecule has 1 aromatic rings. The molecule has 0 aliphatic heterocycles. The molecule has 0 saturated carbocycles. The lowest BCUT2D eigenvalue weighted by molar-refractivity contribution is 0.502. The molecule has 38 heavy (non-hydrogen) atoms. The quantitative estimate of drug-likeness (QED) is 0.239. The zero-order valence-electron chi connectivity index (χ0n) is 28.2. The minimum absolute atomic E-state index is 0.183. The normalized spacial score (nSPS) is 12.9. The van der Waals surface area contributed by atoms with Crippen molar-refractivity contribution in [2.24, 2.45) is 9.98 Å². The summed E-state index contributed by atoms with van der Waals surface area (Å²) >= 11 is 0. The van der Waals surface area contributed by atoms with Gasteiger partial charge in [-0.3, -0.25) is 9.98 Å². The summed E-state index contributed by atoms with van der Waals surface area (Å²) in [5.41, 5.74) is 12.0. The molecule has 0 bridgehead atoms. The van der Waals surface area contributed by atoms with Crippen molar-refractivity contribution in [2.45, 2.75) is 133 Å². The molecule has 2 nitrogen and oxygen atoms in total. The van der Waals surface area contributed by atoms with Crippen LogP contribution in [0.5, 0.6) is 0 Å². The van der Waals surface area contributed by atoms with Gasteiger partial charge in [-0.05, 0) is 105 Å². The topological polar surface area (TPSA) is 24.7 Å². The van der Waals surface area contributed by atoms with Gasteiger partial charge in [0.05, 0.1) is 0 Å². The van der Waals surface area contributed by atoms with Crippen molar-refractivity contribution in [3.63, 3.8) is 0 Å². The van der Waals surface area contributed by atoms with Crippen molar-refractivity contribution in [3.05, 3.63) is 64.3 Å². The van der Waals surface area contributed by atoms with E-state index in [9.17, 15) is 0 Å². The summed E-state index contributed by atoms with van der Waals surface area (Å²) in [7, 11) is 3.69. The van der Waals surface area contributed by atoms with Crippen molar-refractivity contribution >= 4 is 17.0 Å². The summed E-state index contributed by atoms with van der Waals surface area (Å²) < 4.78 is 0. The van der Waals surface area contributed by atoms with Crippen LogP contribution in [0.1, 0.15) is 139 Å². The Morgan fingerprint density at radius 3 is 1.66 bits per heavy atom. The molecular formula is C36H62N2. The van der Waals surface area contributed by atoms with Gasteiger partial charge in [0.15, 0.2) is 0 Å². The van der Waals surface area contributed by atoms with Gasteiger partial charge in [0.1, 0.15) is 0 Å². The second-order valence-corrected chi connectivity index (χ2v) is 12.1. The second-order valence-electron chi connectivity index (χ2n) is 12.1. The first-order valence-electron chi connectivity index (χ1n) is 14.5. The maximum atomic E-state index is 4.32. The van der Waals surface area contributed by atoms with Crippen LogP contribution in [0.15, 0.2) is 57.6 Å². The molecule has 0 radical (unpaired) electrons. The van der Waals surface area contributed by atoms with Crippen molar-refractivity contribution < 1.29 is 0 Å². The fourth-order valence-electron chi connectivity index (χ4n) is 3.42. The molecule has 0 amide bonds. The van der Waals surface area contributed by atoms with E-state index >= 15 is 0 Å². The first-order valence-corrected chi connectivity index (χ1v) is 14.5. The molecule has 2 heteroatoms. The van der Waals surface area contributed by atoms with Crippen molar-refractivity contribution in [1.29, 1.82) is 0 Å². The maximum absolute atomic E-state index is 4.32. The highest BCUT2D eigenvalue weighted by Gasteiger charge is 2.22. The van der Waals surface area contributed by atoms with Gasteiger partial charge >= 0.3 is 0 Å². The van der Waals surface area contributed by atoms with Crippen molar-refractivity contribution in [1.82, 2.24) is 0 Å². The summed E-state index contributed by atoms with van der Waals surface area (Å²) in [5, 5.41) is 0. The molecule has 0 heterocycles. The van der Waals surface area contributed by atoms with Crippen LogP contribution in [0.25, 0.3) is 5.57 Å². The smallest absolute Gasteiger partial charge is 0.0377 e. The monoisotopic (exact) mass is 522 g/mol. The fourth-order valence-corrected chi connectivity index (χ4v) is 3.42. The average Bonchev–Trinajstić information content (AvgIpc) is 2.89. The third kappa shape index (κ3) is 13.5. The minimum atomic E-state index is 0.183. The number of rotatable bonds is 8. The number of allylic oxidation sites excluding steroid dienone is 5. The molecule has 0 aliphatic carbocycles. The van der Waals surface area contributed by atoms with E-state index in [1.54, 1.807) is 0 Å². The number of benzene rings is 1. The largest absolute Gasteiger partial charge is 0.293 e. The SMILES string of the molecule is C=C(CC)c1cc(C(C)(C)C)cc(C(C)(C)CC)c1.CC=C(C)C.CCCC(=NC)/C(C)=C(/C)C(C)=NC. The molecular weight excluding hydrogens is 460 g/mol. The predicted octanol–water partition coefficient (Wildman–Crippen LogP) is 11.4. The van der Waals surface area contributed by atoms with E-state index in [0.29, 0.717) is 0 Å². The molecule has 0 aromatic heterocycles. The van der Waals surface area contributed by atoms with Crippen molar-refractivity contribution in [3.8, 4) is 0 Å². The molecule has 1 aromatic carbocycles. The molecule has 0 unspecified atom stereocenters. The lowest BCUT2D eigenvalue weighted by atomic mass is 9.76. The minimum Gasteiger partial charge on any atom is -0.293 e. The lowest BCUT2D eigenvalue weighted by Gasteiger charge is -2.28. The van der Waals surface area contributed by atoms with Crippen LogP contribution in [-0.4, -0.2) is 25.5 Å². The Labute approximate surface area is 238 Å². The number of nitrogens with zero attached hydrogens (tertiary/aromatic N) is 2. The van der Waals surface area contributed by atoms with E-state index in [-0.39, 0.29) is 10.8 Å². The van der Waals surface area contributed by atoms with Crippen LogP contribution in [0, 0.1) is 0 Å². The Kier molecular flexibility index (Phi) is 18.1. The summed E-state index contributed by atoms with van der Waals surface area (Å²) in [6.45, 7) is 34.8. The van der Waals surface area contributed by atoms with Gasteiger partial charge in [-0.25, -0.2) is 0 Å². The number of hydrogen-bond acceptors (Lipinski definition) is 2. The van der Waals surface area contributed by atoms with Crippen LogP contribution in [0.2, 0.25) is 0 Å². The van der Waals surface area contributed by atoms with Crippen molar-refractivity contribution in [2.75, 3.05) is 14.1 Å². The molecule has 0 N–H and O–H groups in total. The molecule has 216 valence electrons. The third-order valence-electron chi connectivity index (χ3n) is 7.51. The van der Waals surface area contributed by atoms with Crippen LogP contribution >= 0.6 is 0 Å². The first-order chi connectivity index (χ1) is 17.5. The number of hydrogen-bond donors (Lipinski definition) is 0. The highest BCUT2D eigenvalue weighted by atomic mass is 14.7. The van der Waals surface area contributed by atoms with Crippen LogP contribution in [0.3, 0.4) is 0 Å². The average molecular weight is 523 g/mol. The van der Waals surface area contributed by atoms with E-state index in [1.807, 2.05) is 27.9 Å². The Morgan fingerprint density at radius 1 is 0.816 bits per heavy atom. The Balaban J connectivity index is 0. The second kappa shape index (κ2) is 18.1. The molecule has 0 saturated heterocycles. The third-order valence-corrected chi connectivity index (χ3v) is 7.51. The molecule has 0 spiro atoms. The zero-order chi connectivity index (χ0) is 30.3. The lowest BCUT2D eigenvalue weighted by Crippen LogP contribution is -2.19. The molecule has 0 atom stereocenters. The Morgan fingerprint density at radius 2 is 1.32 bits per heavy atom. The van der Waals surface area contributed by atoms with Gasteiger partial charge in [-0.15, -0.1) is 0 Å². The van der Waals surface area contributed by atoms with E-state index in [0.717, 1.165) is 31.4 Å². The molecule has 1 rings (SSSR count). The van der Waals surface area contributed by atoms with Gasteiger partial charge in [0.25, 0.3) is 0 Å². The summed E-state index contributed by atoms with van der Waals surface area (Å²) in [5.74, 6) is 0. The summed E-state index contributed by atoms with van der Waals surface area (Å²) in [6, 6.07) is 7.04. The van der Waals surface area contributed by atoms with Crippen LogP contribution in [-0.2, 0) is 10.8 Å². The van der Waals surface area contributed by atoms with Crippen LogP contribution in [0.4, 0.5) is 0 Å². The standard InChI is InChI=1S/C19H30.C12H22N2.C5H10/c1-9-14(3)15-11-16(18(4,5)6)13-17(12-15)19(7,8)10-2;1-7-8-12(14-6)10(3)9(2)11(4)13-5;1-4-5(2)3/h11-13H,3,9-10H2,1-2,4-8H3;7-8H2,1-6H3;4H,1-3H3/b;10-9-,13-11?,14-12?;. The first kappa shape index (κ1) is 37.9. The van der Waals surface area contributed by atoms with Gasteiger partial charge in [-0.2, -0.15) is 0 Å². The molecule has 0 fully saturated rings. The summed E-state index contributed by atoms with van der Waals surface area (Å²) in [4.78, 5) is 8.51. The highest BCUT2D eigenvalue weighted by molar-refractivity contribution is 6.09. The van der Waals surface area contributed by atoms with E-state index in [4.69, 9.17) is 0 Å². The Bertz CT molecular complexity index is 985. The van der Waals surface area contributed by atoms with Gasteiger partial charge in [0, 0.05) is 25.5 Å². The van der Waals surface area contributed by atoms with Gasteiger partial charge < -0.3 is 0 Å². The summed E-state index contributed by atoms with van der Waals surface area (Å²) in [6.07, 6.45) is 6.44. The van der Waals surface area contributed by atoms with Gasteiger partial charge in [0.2, 0.25) is 0 Å². The zero-order valence-corrected chi connectivity index (χ0v) is 28.2. The van der Waals surface area contributed by atoms with E-state index in [2.05, 4.69) is 124 Å². The van der Waals surface area contributed by atoms with Crippen LogP contribution < -0.4 is 0 Å².